The van der Waals surface area contributed by atoms with Crippen molar-refractivity contribution in [1.82, 2.24) is 5.43 Å². The first-order chi connectivity index (χ1) is 12.4. The van der Waals surface area contributed by atoms with E-state index in [4.69, 9.17) is 22.4 Å². The van der Waals surface area contributed by atoms with Crippen molar-refractivity contribution in [1.29, 1.82) is 0 Å². The standard InChI is InChI=1S/C17H12Br2N4O2S/c18-10-1-4-12(5-2-10)21-15(24)13-8-9-7-11(19)3-6-14(9)25-16(13)22-23-17(20)26/h1-8H,(H,21,24)(H3,20,23,26). The van der Waals surface area contributed by atoms with Gasteiger partial charge in [0.2, 0.25) is 5.55 Å². The van der Waals surface area contributed by atoms with Crippen LogP contribution in [0.2, 0.25) is 0 Å². The summed E-state index contributed by atoms with van der Waals surface area (Å²) in [6, 6.07) is 14.4. The van der Waals surface area contributed by atoms with E-state index in [0.29, 0.717) is 11.3 Å². The summed E-state index contributed by atoms with van der Waals surface area (Å²) < 4.78 is 7.52. The number of carbonyl (C=O) groups is 1. The number of carbonyl (C=O) groups excluding carboxylic acids is 1. The summed E-state index contributed by atoms with van der Waals surface area (Å²) in [5, 5.41) is 7.51. The molecule has 0 atom stereocenters. The number of benzene rings is 2. The second kappa shape index (κ2) is 7.98. The third-order valence-electron chi connectivity index (χ3n) is 3.32. The molecule has 0 aliphatic carbocycles. The van der Waals surface area contributed by atoms with E-state index in [1.54, 1.807) is 24.3 Å². The molecule has 4 N–H and O–H groups in total. The zero-order chi connectivity index (χ0) is 18.7. The second-order valence-electron chi connectivity index (χ2n) is 5.20. The summed E-state index contributed by atoms with van der Waals surface area (Å²) in [4.78, 5) is 12.7. The first-order valence-corrected chi connectivity index (χ1v) is 9.31. The molecule has 0 saturated carbocycles. The van der Waals surface area contributed by atoms with E-state index >= 15 is 0 Å². The lowest BCUT2D eigenvalue weighted by atomic mass is 10.1. The highest BCUT2D eigenvalue weighted by atomic mass is 79.9. The molecule has 3 rings (SSSR count). The van der Waals surface area contributed by atoms with Gasteiger partial charge in [-0.3, -0.25) is 10.2 Å². The molecule has 1 aromatic heterocycles. The predicted octanol–water partition coefficient (Wildman–Crippen LogP) is 3.86. The quantitative estimate of drug-likeness (QED) is 0.379. The summed E-state index contributed by atoms with van der Waals surface area (Å²) in [7, 11) is 0. The molecule has 0 unspecified atom stereocenters. The van der Waals surface area contributed by atoms with E-state index in [-0.39, 0.29) is 22.1 Å². The van der Waals surface area contributed by atoms with Gasteiger partial charge in [-0.1, -0.05) is 31.9 Å². The molecule has 3 aromatic rings. The number of amides is 1. The molecular formula is C17H12Br2N4O2S. The van der Waals surface area contributed by atoms with Gasteiger partial charge in [0.25, 0.3) is 5.91 Å². The Labute approximate surface area is 170 Å². The van der Waals surface area contributed by atoms with Crippen molar-refractivity contribution < 1.29 is 9.21 Å². The second-order valence-corrected chi connectivity index (χ2v) is 7.47. The molecule has 132 valence electrons. The SMILES string of the molecule is NC(=S)NN=c1oc2ccc(Br)cc2cc1C(=O)Nc1ccc(Br)cc1. The van der Waals surface area contributed by atoms with Crippen LogP contribution in [0.25, 0.3) is 11.0 Å². The number of hydrogen-bond acceptors (Lipinski definition) is 4. The zero-order valence-electron chi connectivity index (χ0n) is 13.1. The normalized spacial score (nSPS) is 11.4. The van der Waals surface area contributed by atoms with E-state index in [0.717, 1.165) is 14.3 Å². The number of anilines is 1. The minimum Gasteiger partial charge on any atom is -0.436 e. The number of hydrogen-bond donors (Lipinski definition) is 3. The monoisotopic (exact) mass is 494 g/mol. The predicted molar refractivity (Wildman–Crippen MR) is 111 cm³/mol. The highest BCUT2D eigenvalue weighted by Crippen LogP contribution is 2.20. The fourth-order valence-corrected chi connectivity index (χ4v) is 2.87. The average molecular weight is 496 g/mol. The number of nitrogens with one attached hydrogen (secondary N) is 2. The van der Waals surface area contributed by atoms with Gasteiger partial charge in [-0.25, -0.2) is 0 Å². The highest BCUT2D eigenvalue weighted by Gasteiger charge is 2.13. The number of nitrogens with two attached hydrogens (primary N) is 1. The van der Waals surface area contributed by atoms with Crippen LogP contribution >= 0.6 is 44.1 Å². The largest absolute Gasteiger partial charge is 0.436 e. The van der Waals surface area contributed by atoms with Crippen LogP contribution in [-0.2, 0) is 0 Å². The Morgan fingerprint density at radius 1 is 1.08 bits per heavy atom. The lowest BCUT2D eigenvalue weighted by Gasteiger charge is -2.07. The molecule has 0 aliphatic heterocycles. The van der Waals surface area contributed by atoms with Gasteiger partial charge in [-0.05, 0) is 60.7 Å². The van der Waals surface area contributed by atoms with Crippen LogP contribution in [0.3, 0.4) is 0 Å². The lowest BCUT2D eigenvalue weighted by molar-refractivity contribution is 0.102. The van der Waals surface area contributed by atoms with E-state index in [1.807, 2.05) is 24.3 Å². The Balaban J connectivity index is 2.07. The van der Waals surface area contributed by atoms with E-state index in [1.165, 1.54) is 0 Å². The molecular weight excluding hydrogens is 484 g/mol. The summed E-state index contributed by atoms with van der Waals surface area (Å²) in [5.74, 6) is -0.374. The molecule has 0 spiro atoms. The van der Waals surface area contributed by atoms with Crippen LogP contribution < -0.4 is 22.0 Å². The smallest absolute Gasteiger partial charge is 0.261 e. The average Bonchev–Trinajstić information content (AvgIpc) is 2.61. The topological polar surface area (TPSA) is 92.7 Å². The minimum absolute atomic E-state index is 0.0321. The Bertz CT molecular complexity index is 1060. The van der Waals surface area contributed by atoms with Crippen LogP contribution in [0.4, 0.5) is 5.69 Å². The Kier molecular flexibility index (Phi) is 5.70. The Morgan fingerprint density at radius 3 is 2.46 bits per heavy atom. The van der Waals surface area contributed by atoms with Gasteiger partial charge in [0.15, 0.2) is 5.11 Å². The van der Waals surface area contributed by atoms with Crippen molar-refractivity contribution in [3.63, 3.8) is 0 Å². The fraction of sp³-hybridized carbons (Fsp3) is 0. The maximum Gasteiger partial charge on any atom is 0.261 e. The number of thiocarbonyl (C=S) groups is 1. The molecule has 0 fully saturated rings. The molecule has 1 amide bonds. The number of halogens is 2. The summed E-state index contributed by atoms with van der Waals surface area (Å²) in [6.07, 6.45) is 0. The summed E-state index contributed by atoms with van der Waals surface area (Å²) >= 11 is 11.5. The van der Waals surface area contributed by atoms with Crippen LogP contribution in [0.1, 0.15) is 10.4 Å². The summed E-state index contributed by atoms with van der Waals surface area (Å²) in [6.45, 7) is 0. The number of nitrogens with zero attached hydrogens (tertiary/aromatic N) is 1. The van der Waals surface area contributed by atoms with Gasteiger partial charge in [-0.2, -0.15) is 0 Å². The third-order valence-corrected chi connectivity index (χ3v) is 4.44. The van der Waals surface area contributed by atoms with Gasteiger partial charge < -0.3 is 15.5 Å². The van der Waals surface area contributed by atoms with E-state index in [2.05, 4.69) is 47.7 Å². The third kappa shape index (κ3) is 4.48. The molecule has 0 radical (unpaired) electrons. The first-order valence-electron chi connectivity index (χ1n) is 7.32. The van der Waals surface area contributed by atoms with Crippen molar-refractivity contribution >= 4 is 71.8 Å². The molecule has 2 aromatic carbocycles. The van der Waals surface area contributed by atoms with Crippen molar-refractivity contribution in [3.05, 3.63) is 68.6 Å². The number of rotatable bonds is 3. The highest BCUT2D eigenvalue weighted by molar-refractivity contribution is 9.10. The zero-order valence-corrected chi connectivity index (χ0v) is 17.1. The van der Waals surface area contributed by atoms with Gasteiger partial charge in [0, 0.05) is 20.0 Å². The molecule has 0 bridgehead atoms. The number of fused-ring (bicyclic) bond motifs is 1. The molecule has 1 heterocycles. The van der Waals surface area contributed by atoms with Gasteiger partial charge in [0.1, 0.15) is 11.1 Å². The van der Waals surface area contributed by atoms with Crippen molar-refractivity contribution in [2.45, 2.75) is 0 Å². The van der Waals surface area contributed by atoms with Crippen LogP contribution in [-0.4, -0.2) is 11.0 Å². The minimum atomic E-state index is -0.374. The van der Waals surface area contributed by atoms with Crippen LogP contribution in [0, 0.1) is 0 Å². The van der Waals surface area contributed by atoms with Crippen molar-refractivity contribution in [3.8, 4) is 0 Å². The fourth-order valence-electron chi connectivity index (χ4n) is 2.18. The van der Waals surface area contributed by atoms with E-state index in [9.17, 15) is 4.79 Å². The Hall–Kier alpha value is -2.23. The Morgan fingerprint density at radius 2 is 1.77 bits per heavy atom. The van der Waals surface area contributed by atoms with Gasteiger partial charge >= 0.3 is 0 Å². The molecule has 9 heteroatoms. The van der Waals surface area contributed by atoms with Crippen molar-refractivity contribution in [2.24, 2.45) is 10.8 Å². The lowest BCUT2D eigenvalue weighted by Crippen LogP contribution is -2.29. The van der Waals surface area contributed by atoms with Gasteiger partial charge in [0.05, 0.1) is 0 Å². The molecule has 0 aliphatic rings. The molecule has 0 saturated heterocycles. The molecule has 6 nitrogen and oxygen atoms in total. The molecule has 26 heavy (non-hydrogen) atoms. The summed E-state index contributed by atoms with van der Waals surface area (Å²) in [5.41, 5.74) is 9.38. The van der Waals surface area contributed by atoms with Crippen LogP contribution in [0.5, 0.6) is 0 Å². The van der Waals surface area contributed by atoms with E-state index < -0.39 is 0 Å². The van der Waals surface area contributed by atoms with Gasteiger partial charge in [-0.15, -0.1) is 5.10 Å². The van der Waals surface area contributed by atoms with Crippen LogP contribution in [0.15, 0.2) is 67.0 Å². The maximum absolute atomic E-state index is 12.7. The maximum atomic E-state index is 12.7. The first kappa shape index (κ1) is 18.6. The van der Waals surface area contributed by atoms with Crippen molar-refractivity contribution in [2.75, 3.05) is 5.32 Å².